The lowest BCUT2D eigenvalue weighted by molar-refractivity contribution is 0.242. The monoisotopic (exact) mass is 353 g/mol. The molecule has 4 rings (SSSR count). The normalized spacial score (nSPS) is 14.5. The highest BCUT2D eigenvalue weighted by molar-refractivity contribution is 7.11. The van der Waals surface area contributed by atoms with Crippen LogP contribution in [0.15, 0.2) is 29.3 Å². The van der Waals surface area contributed by atoms with Gasteiger partial charge in [-0.2, -0.15) is 0 Å². The van der Waals surface area contributed by atoms with Crippen LogP contribution in [0.1, 0.15) is 26.8 Å². The Balaban J connectivity index is 1.62. The SMILES string of the molecule is Cc1nc(C)c(CN2CCc3c(nc(-c4cccnc4)[nH]c3=O)C2)s1. The van der Waals surface area contributed by atoms with Crippen LogP contribution in [-0.2, 0) is 19.5 Å². The Morgan fingerprint density at radius 3 is 2.92 bits per heavy atom. The smallest absolute Gasteiger partial charge is 0.254 e. The molecular formula is C18H19N5OS. The minimum Gasteiger partial charge on any atom is -0.306 e. The van der Waals surface area contributed by atoms with Crippen molar-refractivity contribution in [3.63, 3.8) is 0 Å². The molecule has 25 heavy (non-hydrogen) atoms. The Kier molecular flexibility index (Phi) is 4.19. The van der Waals surface area contributed by atoms with Gasteiger partial charge in [0.25, 0.3) is 5.56 Å². The first kappa shape index (κ1) is 16.1. The molecule has 0 bridgehead atoms. The predicted molar refractivity (Wildman–Crippen MR) is 97.5 cm³/mol. The van der Waals surface area contributed by atoms with Crippen LogP contribution in [0.2, 0.25) is 0 Å². The molecule has 0 atom stereocenters. The molecule has 0 aliphatic carbocycles. The number of thiazole rings is 1. The summed E-state index contributed by atoms with van der Waals surface area (Å²) in [6.45, 7) is 6.49. The van der Waals surface area contributed by atoms with E-state index < -0.39 is 0 Å². The molecule has 0 aromatic carbocycles. The third-order valence-electron chi connectivity index (χ3n) is 4.45. The standard InChI is InChI=1S/C18H19N5OS/c1-11-16(25-12(2)20-11)10-23-7-5-14-15(9-23)21-17(22-18(14)24)13-4-3-6-19-8-13/h3-4,6,8H,5,7,9-10H2,1-2H3,(H,21,22,24). The van der Waals surface area contributed by atoms with Gasteiger partial charge in [0.15, 0.2) is 0 Å². The van der Waals surface area contributed by atoms with Gasteiger partial charge in [-0.05, 0) is 32.4 Å². The second kappa shape index (κ2) is 6.50. The molecule has 3 aromatic rings. The number of H-pyrrole nitrogens is 1. The van der Waals surface area contributed by atoms with Crippen LogP contribution >= 0.6 is 11.3 Å². The van der Waals surface area contributed by atoms with Crippen LogP contribution in [0.5, 0.6) is 0 Å². The van der Waals surface area contributed by atoms with E-state index in [0.717, 1.165) is 47.0 Å². The number of rotatable bonds is 3. The second-order valence-corrected chi connectivity index (χ2v) is 7.57. The Morgan fingerprint density at radius 2 is 2.20 bits per heavy atom. The maximum atomic E-state index is 12.4. The number of hydrogen-bond acceptors (Lipinski definition) is 6. The fourth-order valence-electron chi connectivity index (χ4n) is 3.19. The minimum atomic E-state index is -0.0340. The molecule has 0 spiro atoms. The highest BCUT2D eigenvalue weighted by atomic mass is 32.1. The zero-order chi connectivity index (χ0) is 17.4. The van der Waals surface area contributed by atoms with E-state index in [1.165, 1.54) is 4.88 Å². The second-order valence-electron chi connectivity index (χ2n) is 6.28. The van der Waals surface area contributed by atoms with Crippen molar-refractivity contribution in [1.82, 2.24) is 24.8 Å². The first-order chi connectivity index (χ1) is 12.1. The summed E-state index contributed by atoms with van der Waals surface area (Å²) in [6.07, 6.45) is 4.15. The van der Waals surface area contributed by atoms with E-state index in [0.29, 0.717) is 12.4 Å². The van der Waals surface area contributed by atoms with E-state index in [-0.39, 0.29) is 5.56 Å². The zero-order valence-electron chi connectivity index (χ0n) is 14.2. The van der Waals surface area contributed by atoms with Gasteiger partial charge in [-0.15, -0.1) is 11.3 Å². The average molecular weight is 353 g/mol. The summed E-state index contributed by atoms with van der Waals surface area (Å²) in [6, 6.07) is 3.75. The molecule has 0 fully saturated rings. The molecule has 128 valence electrons. The van der Waals surface area contributed by atoms with E-state index >= 15 is 0 Å². The van der Waals surface area contributed by atoms with Crippen LogP contribution < -0.4 is 5.56 Å². The number of aryl methyl sites for hydroxylation is 2. The third-order valence-corrected chi connectivity index (χ3v) is 5.51. The summed E-state index contributed by atoms with van der Waals surface area (Å²) in [5.41, 5.74) is 3.57. The van der Waals surface area contributed by atoms with Crippen molar-refractivity contribution in [3.05, 3.63) is 61.7 Å². The highest BCUT2D eigenvalue weighted by Gasteiger charge is 2.22. The number of pyridine rings is 1. The number of nitrogens with one attached hydrogen (secondary N) is 1. The van der Waals surface area contributed by atoms with E-state index in [2.05, 4.69) is 26.8 Å². The van der Waals surface area contributed by atoms with Crippen LogP contribution in [-0.4, -0.2) is 31.4 Å². The lowest BCUT2D eigenvalue weighted by atomic mass is 10.1. The molecule has 7 heteroatoms. The van der Waals surface area contributed by atoms with E-state index in [4.69, 9.17) is 4.98 Å². The van der Waals surface area contributed by atoms with Crippen molar-refractivity contribution >= 4 is 11.3 Å². The number of hydrogen-bond donors (Lipinski definition) is 1. The van der Waals surface area contributed by atoms with Gasteiger partial charge in [-0.25, -0.2) is 9.97 Å². The van der Waals surface area contributed by atoms with E-state index in [1.54, 1.807) is 23.7 Å². The molecule has 0 radical (unpaired) electrons. The fraction of sp³-hybridized carbons (Fsp3) is 0.333. The molecule has 1 aliphatic rings. The molecule has 0 amide bonds. The molecule has 3 aromatic heterocycles. The summed E-state index contributed by atoms with van der Waals surface area (Å²) < 4.78 is 0. The van der Waals surface area contributed by atoms with Gasteiger partial charge in [0.2, 0.25) is 0 Å². The number of nitrogens with zero attached hydrogens (tertiary/aromatic N) is 4. The first-order valence-electron chi connectivity index (χ1n) is 8.28. The third kappa shape index (κ3) is 3.25. The first-order valence-corrected chi connectivity index (χ1v) is 9.09. The highest BCUT2D eigenvalue weighted by Crippen LogP contribution is 2.23. The zero-order valence-corrected chi connectivity index (χ0v) is 15.1. The molecule has 4 heterocycles. The van der Waals surface area contributed by atoms with Crippen LogP contribution in [0.25, 0.3) is 11.4 Å². The summed E-state index contributed by atoms with van der Waals surface area (Å²) in [5, 5.41) is 1.10. The predicted octanol–water partition coefficient (Wildman–Crippen LogP) is 2.46. The van der Waals surface area contributed by atoms with Gasteiger partial charge >= 0.3 is 0 Å². The number of aromatic nitrogens is 4. The van der Waals surface area contributed by atoms with Crippen molar-refractivity contribution in [2.45, 2.75) is 33.4 Å². The Morgan fingerprint density at radius 1 is 1.32 bits per heavy atom. The molecule has 0 saturated carbocycles. The van der Waals surface area contributed by atoms with Gasteiger partial charge < -0.3 is 4.98 Å². The fourth-order valence-corrected chi connectivity index (χ4v) is 4.17. The van der Waals surface area contributed by atoms with Gasteiger partial charge in [0.05, 0.1) is 16.4 Å². The maximum Gasteiger partial charge on any atom is 0.254 e. The Labute approximate surface area is 149 Å². The quantitative estimate of drug-likeness (QED) is 0.783. The lowest BCUT2D eigenvalue weighted by Crippen LogP contribution is -2.35. The molecule has 1 N–H and O–H groups in total. The van der Waals surface area contributed by atoms with Gasteiger partial charge in [-0.1, -0.05) is 0 Å². The molecule has 0 unspecified atom stereocenters. The molecular weight excluding hydrogens is 334 g/mol. The summed E-state index contributed by atoms with van der Waals surface area (Å²) in [7, 11) is 0. The number of fused-ring (bicyclic) bond motifs is 1. The topological polar surface area (TPSA) is 74.8 Å². The Hall–Kier alpha value is -2.38. The lowest BCUT2D eigenvalue weighted by Gasteiger charge is -2.27. The average Bonchev–Trinajstić information content (AvgIpc) is 2.92. The van der Waals surface area contributed by atoms with Crippen molar-refractivity contribution in [2.75, 3.05) is 6.54 Å². The van der Waals surface area contributed by atoms with Gasteiger partial charge in [0.1, 0.15) is 5.82 Å². The molecule has 6 nitrogen and oxygen atoms in total. The summed E-state index contributed by atoms with van der Waals surface area (Å²) in [5.74, 6) is 0.587. The minimum absolute atomic E-state index is 0.0340. The van der Waals surface area contributed by atoms with Crippen molar-refractivity contribution in [1.29, 1.82) is 0 Å². The Bertz CT molecular complexity index is 963. The summed E-state index contributed by atoms with van der Waals surface area (Å²) in [4.78, 5) is 32.3. The van der Waals surface area contributed by atoms with E-state index in [9.17, 15) is 4.79 Å². The maximum absolute atomic E-state index is 12.4. The molecule has 0 saturated heterocycles. The van der Waals surface area contributed by atoms with Gasteiger partial charge in [-0.3, -0.25) is 14.7 Å². The van der Waals surface area contributed by atoms with Crippen LogP contribution in [0.4, 0.5) is 0 Å². The van der Waals surface area contributed by atoms with Gasteiger partial charge in [0, 0.05) is 48.0 Å². The number of aromatic amines is 1. The van der Waals surface area contributed by atoms with Crippen LogP contribution in [0, 0.1) is 13.8 Å². The van der Waals surface area contributed by atoms with Crippen LogP contribution in [0.3, 0.4) is 0 Å². The largest absolute Gasteiger partial charge is 0.306 e. The molecule has 1 aliphatic heterocycles. The van der Waals surface area contributed by atoms with E-state index in [1.807, 2.05) is 19.1 Å². The van der Waals surface area contributed by atoms with Crippen molar-refractivity contribution < 1.29 is 0 Å². The van der Waals surface area contributed by atoms with Crippen molar-refractivity contribution in [3.8, 4) is 11.4 Å². The van der Waals surface area contributed by atoms with Crippen molar-refractivity contribution in [2.24, 2.45) is 0 Å². The summed E-state index contributed by atoms with van der Waals surface area (Å²) >= 11 is 1.74.